The molecule has 1 aromatic rings. The number of amides is 3. The maximum absolute atomic E-state index is 13.0. The van der Waals surface area contributed by atoms with Crippen molar-refractivity contribution >= 4 is 17.6 Å². The van der Waals surface area contributed by atoms with Gasteiger partial charge in [0.2, 0.25) is 5.91 Å². The first-order valence-corrected chi connectivity index (χ1v) is 11.2. The third-order valence-electron chi connectivity index (χ3n) is 6.46. The number of likely N-dealkylation sites (tertiary alicyclic amines) is 1. The second-order valence-electron chi connectivity index (χ2n) is 8.95. The monoisotopic (exact) mass is 494 g/mol. The molecule has 1 saturated carbocycles. The van der Waals surface area contributed by atoms with Gasteiger partial charge in [-0.15, -0.1) is 0 Å². The number of nitrogens with two attached hydrogens (primary N) is 1. The van der Waals surface area contributed by atoms with Gasteiger partial charge in [0.05, 0.1) is 17.0 Å². The Morgan fingerprint density at radius 3 is 2.00 bits per heavy atom. The molecule has 2 aliphatic rings. The normalized spacial score (nSPS) is 22.4. The fourth-order valence-electron chi connectivity index (χ4n) is 4.50. The number of halogens is 6. The first-order valence-electron chi connectivity index (χ1n) is 11.2. The van der Waals surface area contributed by atoms with Gasteiger partial charge < -0.3 is 21.3 Å². The highest BCUT2D eigenvalue weighted by Gasteiger charge is 2.37. The molecule has 3 rings (SSSR count). The van der Waals surface area contributed by atoms with E-state index < -0.39 is 35.2 Å². The lowest BCUT2D eigenvalue weighted by atomic mass is 9.83. The molecule has 0 aromatic heterocycles. The number of carbonyl (C=O) groups is 2. The number of carbonyl (C=O) groups excluding carboxylic acids is 2. The molecule has 2 fully saturated rings. The van der Waals surface area contributed by atoms with Crippen molar-refractivity contribution in [1.29, 1.82) is 0 Å². The van der Waals surface area contributed by atoms with Gasteiger partial charge >= 0.3 is 18.4 Å². The highest BCUT2D eigenvalue weighted by molar-refractivity contribution is 5.89. The lowest BCUT2D eigenvalue weighted by Crippen LogP contribution is -2.49. The minimum Gasteiger partial charge on any atom is -0.342 e. The van der Waals surface area contributed by atoms with Crippen molar-refractivity contribution in [1.82, 2.24) is 10.2 Å². The van der Waals surface area contributed by atoms with Crippen LogP contribution >= 0.6 is 0 Å². The van der Waals surface area contributed by atoms with Gasteiger partial charge in [-0.25, -0.2) is 4.79 Å². The Labute approximate surface area is 193 Å². The van der Waals surface area contributed by atoms with Crippen LogP contribution in [-0.4, -0.2) is 42.5 Å². The van der Waals surface area contributed by atoms with E-state index in [1.165, 1.54) is 0 Å². The van der Waals surface area contributed by atoms with Crippen LogP contribution in [0, 0.1) is 11.8 Å². The van der Waals surface area contributed by atoms with E-state index in [-0.39, 0.29) is 36.4 Å². The molecule has 6 nitrogen and oxygen atoms in total. The molecule has 0 radical (unpaired) electrons. The number of anilines is 1. The number of urea groups is 1. The molecule has 0 bridgehead atoms. The number of nitrogens with zero attached hydrogens (tertiary/aromatic N) is 1. The van der Waals surface area contributed by atoms with Crippen LogP contribution in [0.25, 0.3) is 0 Å². The van der Waals surface area contributed by atoms with Crippen molar-refractivity contribution in [2.75, 3.05) is 25.0 Å². The molecule has 12 heteroatoms. The number of nitrogens with one attached hydrogen (secondary N) is 2. The van der Waals surface area contributed by atoms with Crippen LogP contribution in [0.5, 0.6) is 0 Å². The summed E-state index contributed by atoms with van der Waals surface area (Å²) >= 11 is 0. The van der Waals surface area contributed by atoms with Gasteiger partial charge in [-0.05, 0) is 49.8 Å². The molecular formula is C22H28F6N4O2. The molecule has 1 heterocycles. The fraction of sp³-hybridized carbons (Fsp3) is 0.636. The number of rotatable bonds is 4. The molecule has 1 aliphatic heterocycles. The van der Waals surface area contributed by atoms with Crippen LogP contribution in [0.3, 0.4) is 0 Å². The van der Waals surface area contributed by atoms with Crippen molar-refractivity contribution in [2.45, 2.75) is 56.9 Å². The maximum Gasteiger partial charge on any atom is 0.416 e. The Bertz CT molecular complexity index is 849. The molecule has 1 aliphatic carbocycles. The summed E-state index contributed by atoms with van der Waals surface area (Å²) < 4.78 is 77.8. The van der Waals surface area contributed by atoms with Gasteiger partial charge in [0.15, 0.2) is 0 Å². The van der Waals surface area contributed by atoms with Gasteiger partial charge in [-0.1, -0.05) is 12.8 Å². The smallest absolute Gasteiger partial charge is 0.342 e. The second kappa shape index (κ2) is 10.4. The van der Waals surface area contributed by atoms with E-state index in [9.17, 15) is 35.9 Å². The first kappa shape index (κ1) is 26.1. The van der Waals surface area contributed by atoms with Crippen molar-refractivity contribution in [3.63, 3.8) is 0 Å². The number of piperidine rings is 1. The van der Waals surface area contributed by atoms with Crippen LogP contribution < -0.4 is 16.4 Å². The van der Waals surface area contributed by atoms with E-state index in [2.05, 4.69) is 10.6 Å². The zero-order chi connectivity index (χ0) is 25.1. The topological polar surface area (TPSA) is 87.5 Å². The van der Waals surface area contributed by atoms with Crippen LogP contribution in [0.1, 0.15) is 49.7 Å². The lowest BCUT2D eigenvalue weighted by molar-refractivity contribution is -0.143. The number of hydrogen-bond donors (Lipinski definition) is 3. The molecule has 4 N–H and O–H groups in total. The van der Waals surface area contributed by atoms with E-state index in [1.54, 1.807) is 4.90 Å². The largest absolute Gasteiger partial charge is 0.416 e. The van der Waals surface area contributed by atoms with E-state index in [1.807, 2.05) is 0 Å². The fourth-order valence-corrected chi connectivity index (χ4v) is 4.50. The van der Waals surface area contributed by atoms with Crippen LogP contribution in [-0.2, 0) is 17.1 Å². The van der Waals surface area contributed by atoms with Crippen molar-refractivity contribution in [2.24, 2.45) is 17.6 Å². The predicted octanol–water partition coefficient (Wildman–Crippen LogP) is 4.60. The van der Waals surface area contributed by atoms with Crippen LogP contribution in [0.2, 0.25) is 0 Å². The molecule has 34 heavy (non-hydrogen) atoms. The number of benzene rings is 1. The van der Waals surface area contributed by atoms with Crippen LogP contribution in [0.4, 0.5) is 36.8 Å². The van der Waals surface area contributed by atoms with Crippen molar-refractivity contribution in [3.05, 3.63) is 29.3 Å². The highest BCUT2D eigenvalue weighted by atomic mass is 19.4. The maximum atomic E-state index is 13.0. The Morgan fingerprint density at radius 2 is 1.47 bits per heavy atom. The lowest BCUT2D eigenvalue weighted by Gasteiger charge is -2.37. The van der Waals surface area contributed by atoms with Gasteiger partial charge in [0, 0.05) is 31.4 Å². The van der Waals surface area contributed by atoms with Gasteiger partial charge in [-0.3, -0.25) is 4.79 Å². The summed E-state index contributed by atoms with van der Waals surface area (Å²) in [6.07, 6.45) is -5.13. The van der Waals surface area contributed by atoms with Gasteiger partial charge in [0.1, 0.15) is 0 Å². The third kappa shape index (κ3) is 6.77. The predicted molar refractivity (Wildman–Crippen MR) is 113 cm³/mol. The first-order chi connectivity index (χ1) is 15.8. The number of hydrogen-bond acceptors (Lipinski definition) is 3. The van der Waals surface area contributed by atoms with Crippen LogP contribution in [0.15, 0.2) is 18.2 Å². The average molecular weight is 494 g/mol. The summed E-state index contributed by atoms with van der Waals surface area (Å²) in [5.74, 6) is -0.0771. The Balaban J connectivity index is 1.51. The molecule has 190 valence electrons. The molecular weight excluding hydrogens is 466 g/mol. The van der Waals surface area contributed by atoms with E-state index in [0.29, 0.717) is 38.1 Å². The molecule has 1 saturated heterocycles. The standard InChI is InChI=1S/C22H28F6N4O2/c23-21(24,25)14-9-15(22(26,27)28)11-16(10-14)31-20(34)30-12-13-5-7-32(8-6-13)19(33)17-3-1-2-4-18(17)29/h9-11,13,17-18H,1-8,12,29H2,(H2,30,31,34)/t17-,18+/m0/s1. The third-order valence-corrected chi connectivity index (χ3v) is 6.46. The molecule has 0 unspecified atom stereocenters. The summed E-state index contributed by atoms with van der Waals surface area (Å²) in [5.41, 5.74) is 2.48. The second-order valence-corrected chi connectivity index (χ2v) is 8.95. The van der Waals surface area contributed by atoms with Crippen molar-refractivity contribution < 1.29 is 35.9 Å². The van der Waals surface area contributed by atoms with Gasteiger partial charge in [-0.2, -0.15) is 26.3 Å². The van der Waals surface area contributed by atoms with E-state index >= 15 is 0 Å². The summed E-state index contributed by atoms with van der Waals surface area (Å²) in [5, 5.41) is 4.55. The molecule has 0 spiro atoms. The SMILES string of the molecule is N[C@@H]1CCCC[C@@H]1C(=O)N1CCC(CNC(=O)Nc2cc(C(F)(F)F)cc(C(F)(F)F)c2)CC1. The highest BCUT2D eigenvalue weighted by Crippen LogP contribution is 2.37. The molecule has 1 aromatic carbocycles. The Hall–Kier alpha value is -2.50. The summed E-state index contributed by atoms with van der Waals surface area (Å²) in [6, 6.07) is -0.126. The Kier molecular flexibility index (Phi) is 7.99. The quantitative estimate of drug-likeness (QED) is 0.535. The van der Waals surface area contributed by atoms with E-state index in [0.717, 1.165) is 25.7 Å². The van der Waals surface area contributed by atoms with E-state index in [4.69, 9.17) is 5.73 Å². The average Bonchev–Trinajstić information content (AvgIpc) is 2.76. The minimum absolute atomic E-state index is 0.00164. The zero-order valence-corrected chi connectivity index (χ0v) is 18.4. The molecule has 2 atom stereocenters. The van der Waals surface area contributed by atoms with Gasteiger partial charge in [0.25, 0.3) is 0 Å². The minimum atomic E-state index is -5.00. The number of alkyl halides is 6. The molecule has 3 amide bonds. The zero-order valence-electron chi connectivity index (χ0n) is 18.4. The Morgan fingerprint density at radius 1 is 0.912 bits per heavy atom. The summed E-state index contributed by atoms with van der Waals surface area (Å²) in [4.78, 5) is 26.7. The summed E-state index contributed by atoms with van der Waals surface area (Å²) in [6.45, 7) is 1.21. The summed E-state index contributed by atoms with van der Waals surface area (Å²) in [7, 11) is 0. The van der Waals surface area contributed by atoms with Crippen molar-refractivity contribution in [3.8, 4) is 0 Å².